The van der Waals surface area contributed by atoms with Crippen LogP contribution in [0.2, 0.25) is 0 Å². The van der Waals surface area contributed by atoms with Gasteiger partial charge in [-0.15, -0.1) is 0 Å². The van der Waals surface area contributed by atoms with Crippen LogP contribution in [0.15, 0.2) is 103 Å². The Morgan fingerprint density at radius 1 is 0.700 bits per heavy atom. The molecule has 0 aliphatic heterocycles. The zero-order chi connectivity index (χ0) is 21.2. The second-order valence-corrected chi connectivity index (χ2v) is 11.4. The molecule has 0 aromatic heterocycles. The quantitative estimate of drug-likeness (QED) is 0.259. The van der Waals surface area contributed by atoms with Crippen LogP contribution in [0.5, 0.6) is 0 Å². The van der Waals surface area contributed by atoms with Crippen molar-refractivity contribution in [3.63, 3.8) is 0 Å². The van der Waals surface area contributed by atoms with Crippen LogP contribution in [-0.2, 0) is 9.47 Å². The van der Waals surface area contributed by atoms with E-state index in [4.69, 9.17) is 9.47 Å². The van der Waals surface area contributed by atoms with Gasteiger partial charge in [0.1, 0.15) is 0 Å². The molecule has 3 heteroatoms. The third kappa shape index (κ3) is 5.26. The maximum atomic E-state index is 5.80. The fraction of sp³-hybridized carbons (Fsp3) is 0.259. The molecule has 3 aromatic rings. The number of benzene rings is 3. The Hall–Kier alpha value is -2.25. The minimum absolute atomic E-state index is 0.297. The van der Waals surface area contributed by atoms with E-state index in [2.05, 4.69) is 104 Å². The number of allylic oxidation sites excluding steroid dienone is 1. The van der Waals surface area contributed by atoms with Gasteiger partial charge < -0.3 is 0 Å². The third-order valence-corrected chi connectivity index (χ3v) is 10.5. The summed E-state index contributed by atoms with van der Waals surface area (Å²) in [6.07, 6.45) is 2.83. The minimum atomic E-state index is -2.28. The molecular formula is C27H33O2P. The molecule has 30 heavy (non-hydrogen) atoms. The van der Waals surface area contributed by atoms with Crippen LogP contribution in [0.3, 0.4) is 0 Å². The Bertz CT molecular complexity index is 805. The van der Waals surface area contributed by atoms with Gasteiger partial charge in [0.15, 0.2) is 0 Å². The third-order valence-electron chi connectivity index (χ3n) is 5.43. The molecule has 0 unspecified atom stereocenters. The monoisotopic (exact) mass is 420 g/mol. The van der Waals surface area contributed by atoms with Crippen LogP contribution in [0, 0.1) is 0 Å². The van der Waals surface area contributed by atoms with Crippen molar-refractivity contribution in [3.05, 3.63) is 103 Å². The molecule has 2 nitrogen and oxygen atoms in total. The van der Waals surface area contributed by atoms with Gasteiger partial charge in [0, 0.05) is 0 Å². The molecule has 0 fully saturated rings. The Kier molecular flexibility index (Phi) is 8.39. The first-order valence-corrected chi connectivity index (χ1v) is 13.0. The molecule has 0 N–H and O–H groups in total. The van der Waals surface area contributed by atoms with Crippen molar-refractivity contribution in [3.8, 4) is 0 Å². The van der Waals surface area contributed by atoms with E-state index in [1.54, 1.807) is 0 Å². The van der Waals surface area contributed by atoms with Crippen LogP contribution < -0.4 is 15.9 Å². The van der Waals surface area contributed by atoms with Gasteiger partial charge in [-0.05, 0) is 0 Å². The van der Waals surface area contributed by atoms with E-state index >= 15 is 0 Å². The molecule has 0 aliphatic rings. The summed E-state index contributed by atoms with van der Waals surface area (Å²) in [5.41, 5.74) is 1.30. The molecule has 0 aliphatic carbocycles. The van der Waals surface area contributed by atoms with Gasteiger partial charge in [0.25, 0.3) is 0 Å². The zero-order valence-corrected chi connectivity index (χ0v) is 19.3. The number of ether oxygens (including phenoxy) is 2. The standard InChI is InChI=1S/C27H33O2P/c1-4-28-27(29-5-2)21-23(3)22-30(24-15-9-6-10-16-24,25-17-11-7-12-18-25)26-19-13-8-14-20-26/h6-21,27,30H,4-5,22H2,1-3H3/b23-21+. The molecule has 3 aromatic carbocycles. The Morgan fingerprint density at radius 2 is 1.07 bits per heavy atom. The molecule has 158 valence electrons. The number of rotatable bonds is 10. The van der Waals surface area contributed by atoms with Crippen molar-refractivity contribution in [1.82, 2.24) is 0 Å². The van der Waals surface area contributed by atoms with Crippen LogP contribution in [0.4, 0.5) is 0 Å². The van der Waals surface area contributed by atoms with Crippen LogP contribution >= 0.6 is 7.26 Å². The summed E-state index contributed by atoms with van der Waals surface area (Å²) < 4.78 is 11.6. The molecule has 0 bridgehead atoms. The molecular weight excluding hydrogens is 387 g/mol. The van der Waals surface area contributed by atoms with Crippen LogP contribution in [0.25, 0.3) is 0 Å². The van der Waals surface area contributed by atoms with Gasteiger partial charge in [-0.2, -0.15) is 0 Å². The van der Waals surface area contributed by atoms with Crippen molar-refractivity contribution in [2.24, 2.45) is 0 Å². The van der Waals surface area contributed by atoms with Gasteiger partial charge in [0.05, 0.1) is 0 Å². The number of hydrogen-bond donors (Lipinski definition) is 0. The van der Waals surface area contributed by atoms with E-state index < -0.39 is 7.26 Å². The summed E-state index contributed by atoms with van der Waals surface area (Å²) in [6, 6.07) is 33.0. The van der Waals surface area contributed by atoms with Crippen molar-refractivity contribution < 1.29 is 9.47 Å². The summed E-state index contributed by atoms with van der Waals surface area (Å²) in [5, 5.41) is 4.25. The summed E-state index contributed by atoms with van der Waals surface area (Å²) in [5.74, 6) is 0. The summed E-state index contributed by atoms with van der Waals surface area (Å²) in [6.45, 7) is 7.49. The normalized spacial score (nSPS) is 12.9. The molecule has 0 spiro atoms. The van der Waals surface area contributed by atoms with Gasteiger partial charge in [-0.25, -0.2) is 0 Å². The van der Waals surface area contributed by atoms with Gasteiger partial charge in [-0.3, -0.25) is 0 Å². The second kappa shape index (κ2) is 11.2. The molecule has 0 saturated heterocycles. The van der Waals surface area contributed by atoms with E-state index in [9.17, 15) is 0 Å². The fourth-order valence-electron chi connectivity index (χ4n) is 4.16. The topological polar surface area (TPSA) is 18.5 Å². The first kappa shape index (κ1) is 22.4. The Morgan fingerprint density at radius 3 is 1.40 bits per heavy atom. The van der Waals surface area contributed by atoms with Crippen LogP contribution in [0.1, 0.15) is 20.8 Å². The van der Waals surface area contributed by atoms with E-state index in [0.29, 0.717) is 13.2 Å². The molecule has 0 atom stereocenters. The van der Waals surface area contributed by atoms with E-state index in [0.717, 1.165) is 6.16 Å². The van der Waals surface area contributed by atoms with Crippen molar-refractivity contribution >= 4 is 23.2 Å². The second-order valence-electron chi connectivity index (χ2n) is 7.47. The molecule has 0 heterocycles. The average molecular weight is 421 g/mol. The van der Waals surface area contributed by atoms with Gasteiger partial charge in [-0.1, -0.05) is 0 Å². The average Bonchev–Trinajstić information content (AvgIpc) is 2.79. The van der Waals surface area contributed by atoms with E-state index in [1.807, 2.05) is 13.8 Å². The summed E-state index contributed by atoms with van der Waals surface area (Å²) >= 11 is 0. The molecule has 0 amide bonds. The Labute approximate surface area is 181 Å². The predicted molar refractivity (Wildman–Crippen MR) is 132 cm³/mol. The first-order chi connectivity index (χ1) is 14.7. The summed E-state index contributed by atoms with van der Waals surface area (Å²) in [7, 11) is -2.28. The van der Waals surface area contributed by atoms with Crippen molar-refractivity contribution in [2.45, 2.75) is 27.1 Å². The predicted octanol–water partition coefficient (Wildman–Crippen LogP) is 5.06. The number of hydrogen-bond acceptors (Lipinski definition) is 2. The van der Waals surface area contributed by atoms with Crippen LogP contribution in [-0.4, -0.2) is 25.7 Å². The van der Waals surface area contributed by atoms with Gasteiger partial charge >= 0.3 is 182 Å². The van der Waals surface area contributed by atoms with Crippen molar-refractivity contribution in [1.29, 1.82) is 0 Å². The molecule has 3 rings (SSSR count). The molecule has 0 saturated carbocycles. The fourth-order valence-corrected chi connectivity index (χ4v) is 9.01. The summed E-state index contributed by atoms with van der Waals surface area (Å²) in [4.78, 5) is 0. The van der Waals surface area contributed by atoms with E-state index in [-0.39, 0.29) is 6.29 Å². The Balaban J connectivity index is 2.16. The maximum absolute atomic E-state index is 5.80. The van der Waals surface area contributed by atoms with E-state index in [1.165, 1.54) is 21.5 Å². The first-order valence-electron chi connectivity index (χ1n) is 10.8. The van der Waals surface area contributed by atoms with Crippen molar-refractivity contribution in [2.75, 3.05) is 19.4 Å². The molecule has 0 radical (unpaired) electrons. The van der Waals surface area contributed by atoms with Gasteiger partial charge in [0.2, 0.25) is 0 Å². The SMILES string of the molecule is CCOC(/C=C(\C)C[PH](c1ccccc1)(c1ccccc1)c1ccccc1)OCC. The zero-order valence-electron chi connectivity index (χ0n) is 18.3.